The van der Waals surface area contributed by atoms with Crippen LogP contribution >= 0.6 is 0 Å². The van der Waals surface area contributed by atoms with Crippen LogP contribution in [0.5, 0.6) is 0 Å². The Hall–Kier alpha value is -0.890. The second-order valence-corrected chi connectivity index (χ2v) is 5.13. The summed E-state index contributed by atoms with van der Waals surface area (Å²) in [6, 6.07) is 4.13. The molecule has 17 heavy (non-hydrogen) atoms. The summed E-state index contributed by atoms with van der Waals surface area (Å²) in [7, 11) is 0. The van der Waals surface area contributed by atoms with Gasteiger partial charge in [-0.3, -0.25) is 4.98 Å². The maximum atomic E-state index is 4.01. The quantitative estimate of drug-likeness (QED) is 0.658. The smallest absolute Gasteiger partial charge is 0.0271 e. The van der Waals surface area contributed by atoms with E-state index in [1.165, 1.54) is 37.7 Å². The van der Waals surface area contributed by atoms with Crippen LogP contribution in [0, 0.1) is 5.92 Å². The molecular weight excluding hydrogens is 208 g/mol. The summed E-state index contributed by atoms with van der Waals surface area (Å²) in [6.45, 7) is 6.70. The van der Waals surface area contributed by atoms with E-state index in [4.69, 9.17) is 0 Å². The van der Waals surface area contributed by atoms with Gasteiger partial charge in [-0.25, -0.2) is 0 Å². The van der Waals surface area contributed by atoms with Gasteiger partial charge < -0.3 is 5.32 Å². The van der Waals surface area contributed by atoms with E-state index in [-0.39, 0.29) is 0 Å². The normalized spacial score (nSPS) is 11.0. The molecule has 96 valence electrons. The van der Waals surface area contributed by atoms with Crippen LogP contribution in [-0.2, 0) is 6.54 Å². The van der Waals surface area contributed by atoms with E-state index >= 15 is 0 Å². The monoisotopic (exact) mass is 234 g/mol. The minimum absolute atomic E-state index is 0.861. The fourth-order valence-electron chi connectivity index (χ4n) is 1.89. The van der Waals surface area contributed by atoms with Crippen LogP contribution in [0.4, 0.5) is 0 Å². The fraction of sp³-hybridized carbons (Fsp3) is 0.667. The highest BCUT2D eigenvalue weighted by Gasteiger charge is 1.95. The van der Waals surface area contributed by atoms with Gasteiger partial charge in [0.05, 0.1) is 0 Å². The first kappa shape index (κ1) is 14.2. The lowest BCUT2D eigenvalue weighted by atomic mass is 10.0. The first-order chi connectivity index (χ1) is 8.29. The van der Waals surface area contributed by atoms with Crippen molar-refractivity contribution in [1.82, 2.24) is 10.3 Å². The van der Waals surface area contributed by atoms with Crippen LogP contribution in [0.25, 0.3) is 0 Å². The highest BCUT2D eigenvalue weighted by molar-refractivity contribution is 5.08. The molecular formula is C15H26N2. The molecule has 1 heterocycles. The zero-order valence-electron chi connectivity index (χ0n) is 11.3. The number of nitrogens with zero attached hydrogens (tertiary/aromatic N) is 1. The predicted molar refractivity (Wildman–Crippen MR) is 73.9 cm³/mol. The average molecular weight is 234 g/mol. The molecule has 1 rings (SSSR count). The molecule has 2 nitrogen and oxygen atoms in total. The van der Waals surface area contributed by atoms with Gasteiger partial charge in [0.1, 0.15) is 0 Å². The molecule has 0 aliphatic rings. The first-order valence-electron chi connectivity index (χ1n) is 6.88. The molecule has 0 unspecified atom stereocenters. The summed E-state index contributed by atoms with van der Waals surface area (Å²) in [5, 5.41) is 3.47. The molecule has 0 aliphatic carbocycles. The number of hydrogen-bond acceptors (Lipinski definition) is 2. The fourth-order valence-corrected chi connectivity index (χ4v) is 1.89. The Kier molecular flexibility index (Phi) is 7.65. The van der Waals surface area contributed by atoms with Crippen LogP contribution in [-0.4, -0.2) is 11.5 Å². The topological polar surface area (TPSA) is 24.9 Å². The minimum Gasteiger partial charge on any atom is -0.313 e. The minimum atomic E-state index is 0.861. The van der Waals surface area contributed by atoms with Crippen molar-refractivity contribution >= 4 is 0 Å². The van der Waals surface area contributed by atoms with Gasteiger partial charge in [0.2, 0.25) is 0 Å². The van der Waals surface area contributed by atoms with Gasteiger partial charge in [0, 0.05) is 18.9 Å². The van der Waals surface area contributed by atoms with Gasteiger partial charge in [-0.05, 0) is 36.6 Å². The van der Waals surface area contributed by atoms with Crippen LogP contribution in [0.15, 0.2) is 24.5 Å². The Labute approximate surface area is 106 Å². The third-order valence-electron chi connectivity index (χ3n) is 2.96. The van der Waals surface area contributed by atoms with Crippen molar-refractivity contribution in [3.63, 3.8) is 0 Å². The molecule has 0 spiro atoms. The van der Waals surface area contributed by atoms with Gasteiger partial charge in [-0.15, -0.1) is 0 Å². The summed E-state index contributed by atoms with van der Waals surface area (Å²) < 4.78 is 0. The largest absolute Gasteiger partial charge is 0.313 e. The van der Waals surface area contributed by atoms with Crippen molar-refractivity contribution in [1.29, 1.82) is 0 Å². The molecule has 0 aliphatic heterocycles. The molecule has 0 aromatic carbocycles. The number of pyridine rings is 1. The van der Waals surface area contributed by atoms with E-state index in [1.807, 2.05) is 12.4 Å². The van der Waals surface area contributed by atoms with Crippen LogP contribution in [0.3, 0.4) is 0 Å². The molecule has 0 saturated heterocycles. The van der Waals surface area contributed by atoms with Gasteiger partial charge in [0.25, 0.3) is 0 Å². The number of rotatable bonds is 9. The van der Waals surface area contributed by atoms with Crippen molar-refractivity contribution in [3.8, 4) is 0 Å². The highest BCUT2D eigenvalue weighted by Crippen LogP contribution is 2.08. The van der Waals surface area contributed by atoms with E-state index in [9.17, 15) is 0 Å². The Morgan fingerprint density at radius 2 is 1.76 bits per heavy atom. The van der Waals surface area contributed by atoms with Crippen molar-refractivity contribution in [2.24, 2.45) is 5.92 Å². The van der Waals surface area contributed by atoms with Crippen LogP contribution in [0.1, 0.15) is 51.5 Å². The predicted octanol–water partition coefficient (Wildman–Crippen LogP) is 3.78. The lowest BCUT2D eigenvalue weighted by Crippen LogP contribution is -2.14. The maximum absolute atomic E-state index is 4.01. The zero-order valence-corrected chi connectivity index (χ0v) is 11.3. The van der Waals surface area contributed by atoms with E-state index in [0.717, 1.165) is 19.0 Å². The van der Waals surface area contributed by atoms with Gasteiger partial charge in [-0.1, -0.05) is 39.5 Å². The average Bonchev–Trinajstić information content (AvgIpc) is 2.33. The number of aromatic nitrogens is 1. The number of unbranched alkanes of at least 4 members (excludes halogenated alkanes) is 3. The van der Waals surface area contributed by atoms with E-state index in [0.29, 0.717) is 0 Å². The molecule has 0 amide bonds. The number of nitrogens with one attached hydrogen (secondary N) is 1. The summed E-state index contributed by atoms with van der Waals surface area (Å²) >= 11 is 0. The first-order valence-corrected chi connectivity index (χ1v) is 6.88. The molecule has 1 N–H and O–H groups in total. The van der Waals surface area contributed by atoms with E-state index in [1.54, 1.807) is 0 Å². The van der Waals surface area contributed by atoms with Crippen molar-refractivity contribution in [3.05, 3.63) is 30.1 Å². The summed E-state index contributed by atoms with van der Waals surface area (Å²) in [6.07, 6.45) is 10.5. The lowest BCUT2D eigenvalue weighted by Gasteiger charge is -2.06. The molecule has 0 radical (unpaired) electrons. The van der Waals surface area contributed by atoms with Crippen LogP contribution in [0.2, 0.25) is 0 Å². The molecule has 2 heteroatoms. The van der Waals surface area contributed by atoms with Gasteiger partial charge in [0.15, 0.2) is 0 Å². The SMILES string of the molecule is CC(C)CCCCCCNCc1ccncc1. The van der Waals surface area contributed by atoms with Crippen molar-refractivity contribution in [2.45, 2.75) is 52.5 Å². The molecule has 1 aromatic rings. The number of hydrogen-bond donors (Lipinski definition) is 1. The molecule has 1 aromatic heterocycles. The van der Waals surface area contributed by atoms with Crippen LogP contribution < -0.4 is 5.32 Å². The van der Waals surface area contributed by atoms with Crippen molar-refractivity contribution < 1.29 is 0 Å². The Morgan fingerprint density at radius 1 is 1.06 bits per heavy atom. The zero-order chi connectivity index (χ0) is 12.3. The molecule has 0 saturated carbocycles. The Balaban J connectivity index is 1.88. The third-order valence-corrected chi connectivity index (χ3v) is 2.96. The summed E-state index contributed by atoms with van der Waals surface area (Å²) in [4.78, 5) is 4.01. The van der Waals surface area contributed by atoms with Gasteiger partial charge >= 0.3 is 0 Å². The maximum Gasteiger partial charge on any atom is 0.0271 e. The van der Waals surface area contributed by atoms with Crippen molar-refractivity contribution in [2.75, 3.05) is 6.54 Å². The van der Waals surface area contributed by atoms with Gasteiger partial charge in [-0.2, -0.15) is 0 Å². The standard InChI is InChI=1S/C15H26N2/c1-14(2)7-5-3-4-6-10-17-13-15-8-11-16-12-9-15/h8-9,11-12,14,17H,3-7,10,13H2,1-2H3. The second kappa shape index (κ2) is 9.17. The summed E-state index contributed by atoms with van der Waals surface area (Å²) in [5.74, 6) is 0.861. The molecule has 0 bridgehead atoms. The Bertz CT molecular complexity index is 270. The third kappa shape index (κ3) is 7.92. The molecule has 0 fully saturated rings. The van der Waals surface area contributed by atoms with E-state index < -0.39 is 0 Å². The van der Waals surface area contributed by atoms with E-state index in [2.05, 4.69) is 36.3 Å². The second-order valence-electron chi connectivity index (χ2n) is 5.13. The highest BCUT2D eigenvalue weighted by atomic mass is 14.8. The lowest BCUT2D eigenvalue weighted by molar-refractivity contribution is 0.512. The Morgan fingerprint density at radius 3 is 2.47 bits per heavy atom. The molecule has 0 atom stereocenters. The summed E-state index contributed by atoms with van der Waals surface area (Å²) in [5.41, 5.74) is 1.32.